The van der Waals surface area contributed by atoms with E-state index in [1.807, 2.05) is 30.3 Å². The minimum Gasteiger partial charge on any atom is -0.445 e. The van der Waals surface area contributed by atoms with Gasteiger partial charge in [-0.2, -0.15) is 0 Å². The summed E-state index contributed by atoms with van der Waals surface area (Å²) >= 11 is 0. The molecule has 3 atom stereocenters. The lowest BCUT2D eigenvalue weighted by Crippen LogP contribution is -2.29. The van der Waals surface area contributed by atoms with Crippen LogP contribution in [0.3, 0.4) is 0 Å². The molecule has 1 aromatic carbocycles. The Morgan fingerprint density at radius 3 is 2.82 bits per heavy atom. The third kappa shape index (κ3) is 5.27. The summed E-state index contributed by atoms with van der Waals surface area (Å²) in [4.78, 5) is 11.5. The zero-order valence-corrected chi connectivity index (χ0v) is 12.2. The molecule has 0 radical (unpaired) electrons. The molecule has 7 nitrogen and oxygen atoms in total. The Morgan fingerprint density at radius 1 is 1.36 bits per heavy atom. The van der Waals surface area contributed by atoms with E-state index in [2.05, 4.69) is 5.32 Å². The first kappa shape index (κ1) is 16.7. The summed E-state index contributed by atoms with van der Waals surface area (Å²) in [5, 5.41) is 21.0. The van der Waals surface area contributed by atoms with Gasteiger partial charge in [-0.15, -0.1) is 0 Å². The van der Waals surface area contributed by atoms with Crippen molar-refractivity contribution in [3.8, 4) is 0 Å². The van der Waals surface area contributed by atoms with E-state index >= 15 is 0 Å². The number of hydrogen-bond donors (Lipinski definition) is 3. The molecule has 122 valence electrons. The van der Waals surface area contributed by atoms with Crippen LogP contribution in [0.5, 0.6) is 0 Å². The fourth-order valence-corrected chi connectivity index (χ4v) is 2.08. The number of rotatable bonds is 7. The summed E-state index contributed by atoms with van der Waals surface area (Å²) < 4.78 is 15.7. The van der Waals surface area contributed by atoms with E-state index in [1.165, 1.54) is 0 Å². The number of carbonyl (C=O) groups is 1. The molecule has 1 aliphatic rings. The van der Waals surface area contributed by atoms with Crippen LogP contribution >= 0.6 is 0 Å². The first-order chi connectivity index (χ1) is 10.7. The van der Waals surface area contributed by atoms with Crippen LogP contribution in [-0.2, 0) is 20.8 Å². The predicted octanol–water partition coefficient (Wildman–Crippen LogP) is 0.398. The molecule has 1 saturated heterocycles. The van der Waals surface area contributed by atoms with Crippen molar-refractivity contribution in [2.75, 3.05) is 19.8 Å². The number of amides is 1. The maximum absolute atomic E-state index is 11.5. The number of hydrogen-bond acceptors (Lipinski definition) is 6. The molecule has 1 unspecified atom stereocenters. The first-order valence-electron chi connectivity index (χ1n) is 7.19. The molecule has 0 bridgehead atoms. The Hall–Kier alpha value is -1.67. The number of benzene rings is 1. The molecule has 1 aliphatic heterocycles. The van der Waals surface area contributed by atoms with Crippen LogP contribution in [0.1, 0.15) is 12.0 Å². The second kappa shape index (κ2) is 8.70. The van der Waals surface area contributed by atoms with Crippen molar-refractivity contribution in [3.63, 3.8) is 0 Å². The molecule has 2 rings (SSSR count). The largest absolute Gasteiger partial charge is 0.445 e. The van der Waals surface area contributed by atoms with Gasteiger partial charge < -0.3 is 29.7 Å². The molecule has 3 N–H and O–H groups in total. The second-order valence-electron chi connectivity index (χ2n) is 4.95. The fourth-order valence-electron chi connectivity index (χ4n) is 2.08. The van der Waals surface area contributed by atoms with E-state index in [-0.39, 0.29) is 26.4 Å². The van der Waals surface area contributed by atoms with Gasteiger partial charge in [0.25, 0.3) is 0 Å². The van der Waals surface area contributed by atoms with Crippen molar-refractivity contribution in [3.05, 3.63) is 35.9 Å². The minimum atomic E-state index is -0.723. The molecule has 22 heavy (non-hydrogen) atoms. The predicted molar refractivity (Wildman–Crippen MR) is 77.0 cm³/mol. The number of aliphatic hydroxyl groups is 2. The van der Waals surface area contributed by atoms with Crippen LogP contribution in [0.4, 0.5) is 4.79 Å². The van der Waals surface area contributed by atoms with Gasteiger partial charge in [0.15, 0.2) is 6.29 Å². The van der Waals surface area contributed by atoms with Gasteiger partial charge in [-0.1, -0.05) is 30.3 Å². The van der Waals surface area contributed by atoms with E-state index in [4.69, 9.17) is 19.3 Å². The van der Waals surface area contributed by atoms with E-state index in [0.717, 1.165) is 5.56 Å². The first-order valence-corrected chi connectivity index (χ1v) is 7.19. The third-order valence-corrected chi connectivity index (χ3v) is 3.26. The van der Waals surface area contributed by atoms with Crippen LogP contribution in [0.15, 0.2) is 30.3 Å². The SMILES string of the molecule is O=C(NCCOC1C[C@H](O)[C@@H](CO)O1)OCc1ccccc1. The Bertz CT molecular complexity index is 455. The van der Waals surface area contributed by atoms with E-state index in [9.17, 15) is 9.90 Å². The zero-order valence-electron chi connectivity index (χ0n) is 12.2. The standard InChI is InChI=1S/C15H21NO6/c17-9-13-12(18)8-14(22-13)20-7-6-16-15(19)21-10-11-4-2-1-3-5-11/h1-5,12-14,17-18H,6-10H2,(H,16,19)/t12-,13+,14?/m0/s1. The summed E-state index contributed by atoms with van der Waals surface area (Å²) in [5.74, 6) is 0. The summed E-state index contributed by atoms with van der Waals surface area (Å²) in [6, 6.07) is 9.39. The highest BCUT2D eigenvalue weighted by atomic mass is 16.7. The molecule has 1 aromatic rings. The Morgan fingerprint density at radius 2 is 2.14 bits per heavy atom. The van der Waals surface area contributed by atoms with E-state index in [0.29, 0.717) is 6.42 Å². The number of ether oxygens (including phenoxy) is 3. The molecular weight excluding hydrogens is 290 g/mol. The highest BCUT2D eigenvalue weighted by molar-refractivity contribution is 5.67. The minimum absolute atomic E-state index is 0.212. The Balaban J connectivity index is 1.54. The van der Waals surface area contributed by atoms with Gasteiger partial charge in [-0.25, -0.2) is 4.79 Å². The number of carbonyl (C=O) groups excluding carboxylic acids is 1. The molecule has 1 fully saturated rings. The third-order valence-electron chi connectivity index (χ3n) is 3.26. The van der Waals surface area contributed by atoms with Gasteiger partial charge in [-0.3, -0.25) is 0 Å². The summed E-state index contributed by atoms with van der Waals surface area (Å²) in [6.45, 7) is 0.470. The van der Waals surface area contributed by atoms with Gasteiger partial charge in [0.2, 0.25) is 0 Å². The smallest absolute Gasteiger partial charge is 0.407 e. The highest BCUT2D eigenvalue weighted by Gasteiger charge is 2.33. The molecule has 1 amide bonds. The monoisotopic (exact) mass is 311 g/mol. The number of aliphatic hydroxyl groups excluding tert-OH is 2. The van der Waals surface area contributed by atoms with Gasteiger partial charge >= 0.3 is 6.09 Å². The van der Waals surface area contributed by atoms with Gasteiger partial charge in [0.05, 0.1) is 19.3 Å². The van der Waals surface area contributed by atoms with Crippen molar-refractivity contribution >= 4 is 6.09 Å². The maximum atomic E-state index is 11.5. The normalized spacial score (nSPS) is 24.2. The van der Waals surface area contributed by atoms with Crippen LogP contribution in [0.2, 0.25) is 0 Å². The number of nitrogens with one attached hydrogen (secondary N) is 1. The maximum Gasteiger partial charge on any atom is 0.407 e. The van der Waals surface area contributed by atoms with E-state index < -0.39 is 24.6 Å². The molecule has 1 heterocycles. The summed E-state index contributed by atoms with van der Waals surface area (Å²) in [5.41, 5.74) is 0.914. The van der Waals surface area contributed by atoms with Crippen molar-refractivity contribution in [2.45, 2.75) is 31.5 Å². The van der Waals surface area contributed by atoms with Crippen LogP contribution in [0, 0.1) is 0 Å². The summed E-state index contributed by atoms with van der Waals surface area (Å²) in [6.07, 6.45) is -2.10. The van der Waals surface area contributed by atoms with Crippen molar-refractivity contribution in [2.24, 2.45) is 0 Å². The fraction of sp³-hybridized carbons (Fsp3) is 0.533. The molecule has 0 saturated carbocycles. The van der Waals surface area contributed by atoms with Gasteiger partial charge in [0, 0.05) is 13.0 Å². The number of alkyl carbamates (subject to hydrolysis) is 1. The van der Waals surface area contributed by atoms with Gasteiger partial charge in [-0.05, 0) is 5.56 Å². The highest BCUT2D eigenvalue weighted by Crippen LogP contribution is 2.20. The molecule has 0 aliphatic carbocycles. The topological polar surface area (TPSA) is 97.3 Å². The van der Waals surface area contributed by atoms with Gasteiger partial charge in [0.1, 0.15) is 12.7 Å². The molecule has 7 heteroatoms. The van der Waals surface area contributed by atoms with Crippen molar-refractivity contribution < 1.29 is 29.2 Å². The summed E-state index contributed by atoms with van der Waals surface area (Å²) in [7, 11) is 0. The molecule has 0 aromatic heterocycles. The lowest BCUT2D eigenvalue weighted by Gasteiger charge is -2.13. The second-order valence-corrected chi connectivity index (χ2v) is 4.95. The molecular formula is C15H21NO6. The Kier molecular flexibility index (Phi) is 6.60. The molecule has 0 spiro atoms. The Labute approximate surface area is 128 Å². The van der Waals surface area contributed by atoms with Crippen molar-refractivity contribution in [1.29, 1.82) is 0 Å². The van der Waals surface area contributed by atoms with E-state index in [1.54, 1.807) is 0 Å². The quantitative estimate of drug-likeness (QED) is 0.631. The van der Waals surface area contributed by atoms with Crippen LogP contribution < -0.4 is 5.32 Å². The average molecular weight is 311 g/mol. The lowest BCUT2D eigenvalue weighted by molar-refractivity contribution is -0.142. The van der Waals surface area contributed by atoms with Crippen molar-refractivity contribution in [1.82, 2.24) is 5.32 Å². The zero-order chi connectivity index (χ0) is 15.8. The van der Waals surface area contributed by atoms with Crippen LogP contribution in [0.25, 0.3) is 0 Å². The van der Waals surface area contributed by atoms with Crippen LogP contribution in [-0.4, -0.2) is 54.6 Å². The lowest BCUT2D eigenvalue weighted by atomic mass is 10.2. The average Bonchev–Trinajstić information content (AvgIpc) is 2.90.